The molecular formula is C7H3F6NS2. The number of rotatable bonds is 2. The Hall–Kier alpha value is -1.05. The summed E-state index contributed by atoms with van der Waals surface area (Å²) >= 11 is 4.07. The first-order chi connectivity index (χ1) is 6.92. The van der Waals surface area contributed by atoms with Crippen molar-refractivity contribution in [2.75, 3.05) is 0 Å². The Bertz CT molecular complexity index is 487. The van der Waals surface area contributed by atoms with Gasteiger partial charge in [0.1, 0.15) is 10.7 Å². The van der Waals surface area contributed by atoms with E-state index in [-0.39, 0.29) is 12.1 Å². The molecule has 0 bridgehead atoms. The van der Waals surface area contributed by atoms with E-state index in [1.54, 1.807) is 5.16 Å². The second-order valence-electron chi connectivity index (χ2n) is 2.82. The molecule has 0 aliphatic carbocycles. The highest BCUT2D eigenvalue weighted by Crippen LogP contribution is 3.02. The molecule has 16 heavy (non-hydrogen) atoms. The second-order valence-corrected chi connectivity index (χ2v) is 5.41. The average Bonchev–Trinajstić information content (AvgIpc) is 1.99. The molecule has 9 heteroatoms. The molecule has 0 saturated heterocycles. The summed E-state index contributed by atoms with van der Waals surface area (Å²) in [5.41, 5.74) is -0.668. The fourth-order valence-electron chi connectivity index (χ4n) is 0.888. The first-order valence-electron chi connectivity index (χ1n) is 3.55. The number of isothiocyanates is 1. The molecule has 0 aromatic heterocycles. The van der Waals surface area contributed by atoms with Crippen molar-refractivity contribution < 1.29 is 23.8 Å². The van der Waals surface area contributed by atoms with Crippen molar-refractivity contribution in [1.82, 2.24) is 0 Å². The van der Waals surface area contributed by atoms with Crippen LogP contribution in [-0.4, -0.2) is 5.16 Å². The Balaban J connectivity index is 3.55. The number of benzene rings is 1. The normalized spacial score (nSPS) is 15.9. The van der Waals surface area contributed by atoms with E-state index in [1.165, 1.54) is 0 Å². The van der Waals surface area contributed by atoms with Crippen LogP contribution in [0.5, 0.6) is 0 Å². The van der Waals surface area contributed by atoms with Crippen LogP contribution >= 0.6 is 22.4 Å². The van der Waals surface area contributed by atoms with E-state index in [9.17, 15) is 23.8 Å². The predicted molar refractivity (Wildman–Crippen MR) is 52.5 cm³/mol. The van der Waals surface area contributed by atoms with Crippen molar-refractivity contribution in [3.8, 4) is 0 Å². The van der Waals surface area contributed by atoms with Gasteiger partial charge in [-0.2, -0.15) is 4.99 Å². The molecule has 0 amide bonds. The van der Waals surface area contributed by atoms with E-state index in [4.69, 9.17) is 0 Å². The van der Waals surface area contributed by atoms with Crippen molar-refractivity contribution in [1.29, 1.82) is 0 Å². The smallest absolute Gasteiger partial charge is 0.207 e. The first kappa shape index (κ1) is 13.0. The van der Waals surface area contributed by atoms with Gasteiger partial charge in [0.2, 0.25) is 0 Å². The van der Waals surface area contributed by atoms with Crippen LogP contribution in [0.3, 0.4) is 0 Å². The van der Waals surface area contributed by atoms with Crippen molar-refractivity contribution in [3.05, 3.63) is 24.0 Å². The first-order valence-corrected chi connectivity index (χ1v) is 5.91. The van der Waals surface area contributed by atoms with Gasteiger partial charge in [0, 0.05) is 6.07 Å². The summed E-state index contributed by atoms with van der Waals surface area (Å²) in [6, 6.07) is 0.264. The minimum absolute atomic E-state index is 0.0178. The highest BCUT2D eigenvalue weighted by Gasteiger charge is 2.65. The number of halogens is 6. The topological polar surface area (TPSA) is 12.4 Å². The molecular weight excluding hydrogens is 276 g/mol. The van der Waals surface area contributed by atoms with Crippen LogP contribution in [0.15, 0.2) is 28.1 Å². The summed E-state index contributed by atoms with van der Waals surface area (Å²) in [7, 11) is -9.89. The van der Waals surface area contributed by atoms with Gasteiger partial charge in [0.15, 0.2) is 0 Å². The zero-order chi connectivity index (χ0) is 12.7. The molecule has 0 atom stereocenters. The minimum Gasteiger partial charge on any atom is -0.207 e. The Morgan fingerprint density at radius 2 is 1.62 bits per heavy atom. The molecule has 0 fully saturated rings. The lowest BCUT2D eigenvalue weighted by Crippen LogP contribution is -2.06. The van der Waals surface area contributed by atoms with E-state index >= 15 is 0 Å². The largest absolute Gasteiger partial charge is 0.310 e. The molecule has 0 spiro atoms. The lowest BCUT2D eigenvalue weighted by Gasteiger charge is -2.40. The van der Waals surface area contributed by atoms with Crippen LogP contribution < -0.4 is 0 Å². The molecule has 1 aromatic rings. The quantitative estimate of drug-likeness (QED) is 0.411. The third-order valence-corrected chi connectivity index (χ3v) is 2.69. The molecule has 0 saturated carbocycles. The summed E-state index contributed by atoms with van der Waals surface area (Å²) < 4.78 is 74.2. The maximum Gasteiger partial charge on any atom is 0.310 e. The summed E-state index contributed by atoms with van der Waals surface area (Å²) in [5.74, 6) is -1.48. The van der Waals surface area contributed by atoms with Gasteiger partial charge < -0.3 is 0 Å². The molecule has 1 rings (SSSR count). The lowest BCUT2D eigenvalue weighted by molar-refractivity contribution is 0.363. The second kappa shape index (κ2) is 2.99. The third kappa shape index (κ3) is 3.22. The Morgan fingerprint density at radius 3 is 2.06 bits per heavy atom. The van der Waals surface area contributed by atoms with Crippen LogP contribution in [0.25, 0.3) is 0 Å². The molecule has 0 heterocycles. The average molecular weight is 279 g/mol. The SMILES string of the molecule is Fc1cc(N=C=S)cc(S(F)(F)(F)(F)F)c1. The summed E-state index contributed by atoms with van der Waals surface area (Å²) in [5, 5.41) is 1.66. The van der Waals surface area contributed by atoms with Gasteiger partial charge in [-0.05, 0) is 24.4 Å². The Labute approximate surface area is 91.5 Å². The molecule has 0 N–H and O–H groups in total. The molecule has 1 aromatic carbocycles. The van der Waals surface area contributed by atoms with Gasteiger partial charge in [0.25, 0.3) is 0 Å². The summed E-state index contributed by atoms with van der Waals surface area (Å²) in [6.45, 7) is 0. The summed E-state index contributed by atoms with van der Waals surface area (Å²) in [6.07, 6.45) is 0. The van der Waals surface area contributed by atoms with Crippen molar-refractivity contribution in [2.24, 2.45) is 4.99 Å². The van der Waals surface area contributed by atoms with Crippen molar-refractivity contribution in [3.63, 3.8) is 0 Å². The van der Waals surface area contributed by atoms with Crippen LogP contribution in [-0.2, 0) is 0 Å². The van der Waals surface area contributed by atoms with E-state index in [1.807, 2.05) is 0 Å². The van der Waals surface area contributed by atoms with Gasteiger partial charge >= 0.3 is 10.2 Å². The zero-order valence-corrected chi connectivity index (χ0v) is 8.90. The van der Waals surface area contributed by atoms with Gasteiger partial charge in [-0.1, -0.05) is 19.4 Å². The predicted octanol–water partition coefficient (Wildman–Crippen LogP) is 5.22. The molecule has 0 aliphatic rings. The van der Waals surface area contributed by atoms with Gasteiger partial charge in [-0.15, -0.1) is 0 Å². The molecule has 0 aliphatic heterocycles. The van der Waals surface area contributed by atoms with Crippen LogP contribution in [0.2, 0.25) is 0 Å². The van der Waals surface area contributed by atoms with Crippen molar-refractivity contribution in [2.45, 2.75) is 4.90 Å². The number of hydrogen-bond donors (Lipinski definition) is 0. The number of nitrogens with zero attached hydrogens (tertiary/aromatic N) is 1. The van der Waals surface area contributed by atoms with E-state index in [2.05, 4.69) is 17.2 Å². The standard InChI is InChI=1S/C7H3F6NS2/c8-5-1-6(14-4-15)3-7(2-5)16(9,10,11,12)13/h1-3H. The van der Waals surface area contributed by atoms with E-state index in [0.717, 1.165) is 0 Å². The van der Waals surface area contributed by atoms with Gasteiger partial charge in [-0.3, -0.25) is 0 Å². The van der Waals surface area contributed by atoms with Gasteiger partial charge in [0.05, 0.1) is 10.8 Å². The number of hydrogen-bond acceptors (Lipinski definition) is 2. The van der Waals surface area contributed by atoms with Crippen LogP contribution in [0.4, 0.5) is 29.5 Å². The highest BCUT2D eigenvalue weighted by molar-refractivity contribution is 8.45. The fourth-order valence-corrected chi connectivity index (χ4v) is 1.67. The van der Waals surface area contributed by atoms with Crippen LogP contribution in [0.1, 0.15) is 0 Å². The van der Waals surface area contributed by atoms with Gasteiger partial charge in [-0.25, -0.2) is 4.39 Å². The molecule has 0 radical (unpaired) electrons. The molecule has 0 unspecified atom stereocenters. The third-order valence-electron chi connectivity index (χ3n) is 1.48. The maximum atomic E-state index is 12.7. The Kier molecular flexibility index (Phi) is 2.44. The van der Waals surface area contributed by atoms with E-state index < -0.39 is 26.6 Å². The fraction of sp³-hybridized carbons (Fsp3) is 0. The minimum atomic E-state index is -9.89. The molecule has 1 nitrogen and oxygen atoms in total. The lowest BCUT2D eigenvalue weighted by atomic mass is 10.3. The number of aliphatic imine (C=N–C) groups is 1. The zero-order valence-electron chi connectivity index (χ0n) is 7.26. The molecule has 90 valence electrons. The highest BCUT2D eigenvalue weighted by atomic mass is 32.5. The summed E-state index contributed by atoms with van der Waals surface area (Å²) in [4.78, 5) is 0.671. The maximum absolute atomic E-state index is 12.7. The monoisotopic (exact) mass is 279 g/mol. The van der Waals surface area contributed by atoms with E-state index in [0.29, 0.717) is 6.07 Å². The number of thiocarbonyl (C=S) groups is 1. The van der Waals surface area contributed by atoms with Crippen LogP contribution in [0, 0.1) is 5.82 Å². The van der Waals surface area contributed by atoms with Crippen molar-refractivity contribution >= 4 is 33.3 Å². The Morgan fingerprint density at radius 1 is 1.06 bits per heavy atom.